The molecule has 0 N–H and O–H groups in total. The summed E-state index contributed by atoms with van der Waals surface area (Å²) in [6, 6.07) is -2.47. The molecule has 3 aromatic rings. The highest BCUT2D eigenvalue weighted by molar-refractivity contribution is 6.11. The van der Waals surface area contributed by atoms with E-state index >= 15 is 0 Å². The Hall–Kier alpha value is -2.36. The standard InChI is InChI=1S/C18H19N3O/c1-12-19-9-10-21(12)11-13-7-8-16-17(18(13)22)14-5-3-4-6-15(14)20(16)2/h3-6,9-10,13H,7-8,11H2,1-2H3/i3D,4D,5D,6D,7D2,8D2,9D,10D,11D2. The molecular weight excluding hydrogens is 274 g/mol. The molecule has 22 heavy (non-hydrogen) atoms. The Morgan fingerprint density at radius 3 is 3.09 bits per heavy atom. The van der Waals surface area contributed by atoms with Gasteiger partial charge in [-0.3, -0.25) is 4.79 Å². The van der Waals surface area contributed by atoms with Gasteiger partial charge in [0.1, 0.15) is 5.82 Å². The summed E-state index contributed by atoms with van der Waals surface area (Å²) in [7, 11) is 1.26. The number of aromatic nitrogens is 3. The third-order valence-electron chi connectivity index (χ3n) is 3.63. The predicted molar refractivity (Wildman–Crippen MR) is 86.0 cm³/mol. The Kier molecular flexibility index (Phi) is 1.25. The molecule has 112 valence electrons. The molecule has 0 amide bonds. The number of carbonyl (C=O) groups is 1. The van der Waals surface area contributed by atoms with Crippen LogP contribution < -0.4 is 0 Å². The molecule has 4 heteroatoms. The van der Waals surface area contributed by atoms with E-state index < -0.39 is 78.7 Å². The van der Waals surface area contributed by atoms with Crippen molar-refractivity contribution in [2.45, 2.75) is 26.2 Å². The zero-order valence-electron chi connectivity index (χ0n) is 23.8. The Bertz CT molecular complexity index is 1400. The monoisotopic (exact) mass is 305 g/mol. The number of hydrogen-bond donors (Lipinski definition) is 0. The molecule has 0 aliphatic heterocycles. The van der Waals surface area contributed by atoms with Gasteiger partial charge in [0.25, 0.3) is 0 Å². The summed E-state index contributed by atoms with van der Waals surface area (Å²) in [5, 5.41) is -0.330. The fourth-order valence-corrected chi connectivity index (χ4v) is 2.51. The van der Waals surface area contributed by atoms with E-state index in [1.807, 2.05) is 0 Å². The molecule has 0 bridgehead atoms. The summed E-state index contributed by atoms with van der Waals surface area (Å²) in [5.74, 6) is -3.77. The van der Waals surface area contributed by atoms with E-state index in [0.29, 0.717) is 4.57 Å². The van der Waals surface area contributed by atoms with Gasteiger partial charge >= 0.3 is 0 Å². The summed E-state index contributed by atoms with van der Waals surface area (Å²) in [6.07, 6.45) is -7.54. The van der Waals surface area contributed by atoms with Crippen molar-refractivity contribution in [2.24, 2.45) is 13.0 Å². The van der Waals surface area contributed by atoms with Crippen LogP contribution in [0.5, 0.6) is 0 Å². The number of aryl methyl sites for hydroxylation is 2. The third-order valence-corrected chi connectivity index (χ3v) is 3.63. The van der Waals surface area contributed by atoms with Crippen LogP contribution in [-0.2, 0) is 19.9 Å². The molecule has 0 fully saturated rings. The van der Waals surface area contributed by atoms with E-state index in [0.717, 1.165) is 4.57 Å². The molecule has 1 aromatic carbocycles. The van der Waals surface area contributed by atoms with Crippen LogP contribution in [0.4, 0.5) is 0 Å². The fraction of sp³-hybridized carbons (Fsp3) is 0.333. The van der Waals surface area contributed by atoms with Crippen molar-refractivity contribution < 1.29 is 21.2 Å². The Balaban J connectivity index is 2.16. The fourth-order valence-electron chi connectivity index (χ4n) is 2.51. The Labute approximate surface area is 146 Å². The van der Waals surface area contributed by atoms with Crippen molar-refractivity contribution in [1.29, 1.82) is 0 Å². The van der Waals surface area contributed by atoms with Gasteiger partial charge in [0, 0.05) is 59.5 Å². The first kappa shape index (κ1) is 5.69. The van der Waals surface area contributed by atoms with Crippen molar-refractivity contribution in [3.63, 3.8) is 0 Å². The maximum absolute atomic E-state index is 13.8. The van der Waals surface area contributed by atoms with Gasteiger partial charge in [-0.05, 0) is 25.7 Å². The SMILES string of the molecule is [2H]c1nc(C)n(C([2H])([2H])C2C(=O)c3c(n(C)c4c([2H])c([2H])c([2H])c([2H])c34)C([2H])([2H])C2([2H])[2H])c1[2H]. The molecule has 0 saturated carbocycles. The predicted octanol–water partition coefficient (Wildman–Crippen LogP) is 3.13. The van der Waals surface area contributed by atoms with Gasteiger partial charge in [-0.2, -0.15) is 0 Å². The zero-order valence-corrected chi connectivity index (χ0v) is 11.8. The number of carbonyl (C=O) groups excluding carboxylic acids is 1. The normalized spacial score (nSPS) is 31.0. The van der Waals surface area contributed by atoms with Crippen LogP contribution in [0, 0.1) is 12.8 Å². The van der Waals surface area contributed by atoms with Crippen LogP contribution >= 0.6 is 0 Å². The number of benzene rings is 1. The molecule has 4 rings (SSSR count). The van der Waals surface area contributed by atoms with Crippen LogP contribution in [0.3, 0.4) is 0 Å². The first-order valence-corrected chi connectivity index (χ1v) is 6.58. The first-order chi connectivity index (χ1) is 15.4. The van der Waals surface area contributed by atoms with Crippen LogP contribution in [0.1, 0.15) is 44.7 Å². The summed E-state index contributed by atoms with van der Waals surface area (Å²) in [6.45, 7) is -1.78. The van der Waals surface area contributed by atoms with Crippen molar-refractivity contribution >= 4 is 16.7 Å². The highest BCUT2D eigenvalue weighted by atomic mass is 16.1. The number of hydrogen-bond acceptors (Lipinski definition) is 2. The minimum Gasteiger partial charge on any atom is -0.347 e. The van der Waals surface area contributed by atoms with E-state index in [-0.39, 0.29) is 16.7 Å². The summed E-state index contributed by atoms with van der Waals surface area (Å²) in [5.41, 5.74) is -1.27. The Morgan fingerprint density at radius 1 is 1.50 bits per heavy atom. The number of ketones is 1. The molecule has 4 nitrogen and oxygen atoms in total. The second-order valence-corrected chi connectivity index (χ2v) is 4.92. The van der Waals surface area contributed by atoms with E-state index in [4.69, 9.17) is 16.4 Å². The smallest absolute Gasteiger partial charge is 0.170 e. The van der Waals surface area contributed by atoms with Gasteiger partial charge in [0.05, 0.1) is 11.0 Å². The first-order valence-electron chi connectivity index (χ1n) is 12.6. The molecule has 2 aromatic heterocycles. The van der Waals surface area contributed by atoms with Crippen LogP contribution in [0.15, 0.2) is 36.5 Å². The quantitative estimate of drug-likeness (QED) is 0.730. The van der Waals surface area contributed by atoms with Gasteiger partial charge in [-0.15, -0.1) is 0 Å². The second-order valence-electron chi connectivity index (χ2n) is 4.92. The lowest BCUT2D eigenvalue weighted by Crippen LogP contribution is -2.27. The van der Waals surface area contributed by atoms with Crippen molar-refractivity contribution in [2.75, 3.05) is 0 Å². The molecule has 0 radical (unpaired) electrons. The number of nitrogens with zero attached hydrogens (tertiary/aromatic N) is 3. The highest BCUT2D eigenvalue weighted by Crippen LogP contribution is 2.34. The topological polar surface area (TPSA) is 39.8 Å². The number of fused-ring (bicyclic) bond motifs is 3. The molecule has 0 spiro atoms. The van der Waals surface area contributed by atoms with E-state index in [1.54, 1.807) is 0 Å². The Morgan fingerprint density at radius 2 is 2.32 bits per heavy atom. The number of para-hydroxylation sites is 1. The largest absolute Gasteiger partial charge is 0.347 e. The van der Waals surface area contributed by atoms with Crippen molar-refractivity contribution in [3.05, 3.63) is 53.6 Å². The molecule has 0 saturated heterocycles. The van der Waals surface area contributed by atoms with Crippen molar-refractivity contribution in [3.8, 4) is 0 Å². The summed E-state index contributed by atoms with van der Waals surface area (Å²) < 4.78 is 101. The van der Waals surface area contributed by atoms with E-state index in [2.05, 4.69) is 4.98 Å². The van der Waals surface area contributed by atoms with Crippen LogP contribution in [0.25, 0.3) is 10.9 Å². The van der Waals surface area contributed by atoms with Gasteiger partial charge in [0.15, 0.2) is 5.78 Å². The van der Waals surface area contributed by atoms with Gasteiger partial charge in [-0.1, -0.05) is 18.1 Å². The molecule has 2 heterocycles. The highest BCUT2D eigenvalue weighted by Gasteiger charge is 2.32. The maximum Gasteiger partial charge on any atom is 0.170 e. The molecule has 1 aliphatic rings. The van der Waals surface area contributed by atoms with Crippen LogP contribution in [-0.4, -0.2) is 19.9 Å². The number of rotatable bonds is 2. The minimum absolute atomic E-state index is 0.185. The molecular formula is C18H19N3O. The lowest BCUT2D eigenvalue weighted by Gasteiger charge is -2.23. The van der Waals surface area contributed by atoms with Crippen LogP contribution in [0.2, 0.25) is 0 Å². The maximum atomic E-state index is 13.8. The lowest BCUT2D eigenvalue weighted by atomic mass is 9.85. The number of Topliss-reactive ketones (excluding diaryl/α,β-unsaturated/α-hetero) is 1. The molecule has 1 unspecified atom stereocenters. The molecule has 1 atom stereocenters. The van der Waals surface area contributed by atoms with Crippen molar-refractivity contribution in [1.82, 2.24) is 14.1 Å². The summed E-state index contributed by atoms with van der Waals surface area (Å²) >= 11 is 0. The van der Waals surface area contributed by atoms with Gasteiger partial charge < -0.3 is 9.13 Å². The average Bonchev–Trinajstić information content (AvgIpc) is 3.16. The number of imidazole rings is 1. The second kappa shape index (κ2) is 4.83. The zero-order chi connectivity index (χ0) is 25.9. The van der Waals surface area contributed by atoms with Gasteiger partial charge in [-0.25, -0.2) is 4.98 Å². The lowest BCUT2D eigenvalue weighted by molar-refractivity contribution is 0.0888. The average molecular weight is 305 g/mol. The van der Waals surface area contributed by atoms with Gasteiger partial charge in [0.2, 0.25) is 0 Å². The summed E-state index contributed by atoms with van der Waals surface area (Å²) in [4.78, 5) is 17.5. The third kappa shape index (κ3) is 1.83. The van der Waals surface area contributed by atoms with E-state index in [1.165, 1.54) is 14.0 Å². The minimum atomic E-state index is -3.19. The van der Waals surface area contributed by atoms with E-state index in [9.17, 15) is 4.79 Å². The molecule has 1 aliphatic carbocycles.